The number of esters is 1. The summed E-state index contributed by atoms with van der Waals surface area (Å²) in [6.07, 6.45) is 8.20. The number of hydrogen-bond donors (Lipinski definition) is 1. The van der Waals surface area contributed by atoms with Crippen molar-refractivity contribution in [3.05, 3.63) is 24.4 Å². The minimum atomic E-state index is -0.635. The molecule has 0 bridgehead atoms. The molecule has 2 aromatic rings. The summed E-state index contributed by atoms with van der Waals surface area (Å²) >= 11 is 0. The van der Waals surface area contributed by atoms with E-state index in [2.05, 4.69) is 21.8 Å². The second kappa shape index (κ2) is 12.5. The molecule has 2 atom stereocenters. The third-order valence-electron chi connectivity index (χ3n) is 6.40. The lowest BCUT2D eigenvalue weighted by atomic mass is 9.90. The summed E-state index contributed by atoms with van der Waals surface area (Å²) in [5.74, 6) is -0.407. The van der Waals surface area contributed by atoms with Gasteiger partial charge in [0.05, 0.1) is 36.9 Å². The molecule has 34 heavy (non-hydrogen) atoms. The molecule has 0 saturated carbocycles. The highest BCUT2D eigenvalue weighted by molar-refractivity contribution is 6.00. The lowest BCUT2D eigenvalue weighted by Gasteiger charge is -2.42. The quantitative estimate of drug-likeness (QED) is 0.392. The zero-order valence-corrected chi connectivity index (χ0v) is 20.5. The number of carbonyl (C=O) groups excluding carboxylic acids is 2. The predicted octanol–water partition coefficient (Wildman–Crippen LogP) is 3.75. The van der Waals surface area contributed by atoms with Gasteiger partial charge in [-0.05, 0) is 38.4 Å². The zero-order chi connectivity index (χ0) is 24.5. The van der Waals surface area contributed by atoms with Crippen molar-refractivity contribution in [3.63, 3.8) is 0 Å². The van der Waals surface area contributed by atoms with Crippen LogP contribution in [0.4, 0.5) is 10.5 Å². The van der Waals surface area contributed by atoms with E-state index in [9.17, 15) is 9.59 Å². The molecule has 0 spiro atoms. The van der Waals surface area contributed by atoms with Crippen LogP contribution in [0.1, 0.15) is 52.4 Å². The summed E-state index contributed by atoms with van der Waals surface area (Å²) in [6, 6.07) is 4.14. The first-order valence-electron chi connectivity index (χ1n) is 12.3. The van der Waals surface area contributed by atoms with Gasteiger partial charge in [-0.2, -0.15) is 0 Å². The lowest BCUT2D eigenvalue weighted by Crippen LogP contribution is -2.57. The first-order chi connectivity index (χ1) is 16.5. The number of ether oxygens (including phenoxy) is 2. The van der Waals surface area contributed by atoms with E-state index in [-0.39, 0.29) is 12.6 Å². The van der Waals surface area contributed by atoms with Crippen molar-refractivity contribution in [3.8, 4) is 5.88 Å². The standard InChI is InChI=1S/C25H37N5O4/c1-4-6-7-8-9-15-29-16-13-20(18(17-29)24(31)34-5-2)30(25(26)32)21-12-14-27-19-10-11-22(33-3)28-23(19)21/h10-12,14,18,20H,4-9,13,15-17H2,1-3H3,(H2,26,32)/t18-,20+/m1/s1. The van der Waals surface area contributed by atoms with Crippen molar-refractivity contribution in [2.75, 3.05) is 38.3 Å². The average molecular weight is 472 g/mol. The second-order valence-electron chi connectivity index (χ2n) is 8.69. The van der Waals surface area contributed by atoms with Crippen molar-refractivity contribution in [2.45, 2.75) is 58.4 Å². The largest absolute Gasteiger partial charge is 0.481 e. The number of likely N-dealkylation sites (tertiary alicyclic amines) is 1. The number of carbonyl (C=O) groups is 2. The molecule has 0 aliphatic carbocycles. The Morgan fingerprint density at radius 1 is 1.18 bits per heavy atom. The molecular weight excluding hydrogens is 434 g/mol. The topological polar surface area (TPSA) is 111 Å². The smallest absolute Gasteiger partial charge is 0.319 e. The molecule has 3 heterocycles. The Morgan fingerprint density at radius 3 is 2.68 bits per heavy atom. The van der Waals surface area contributed by atoms with E-state index in [1.54, 1.807) is 31.3 Å². The highest BCUT2D eigenvalue weighted by Crippen LogP contribution is 2.32. The minimum absolute atomic E-state index is 0.284. The second-order valence-corrected chi connectivity index (χ2v) is 8.69. The number of nitrogens with two attached hydrogens (primary N) is 1. The Bertz CT molecular complexity index is 969. The molecule has 1 aliphatic heterocycles. The van der Waals surface area contributed by atoms with Gasteiger partial charge in [-0.25, -0.2) is 9.78 Å². The number of fused-ring (bicyclic) bond motifs is 1. The fourth-order valence-corrected chi connectivity index (χ4v) is 4.70. The van der Waals surface area contributed by atoms with Crippen molar-refractivity contribution in [1.82, 2.24) is 14.9 Å². The van der Waals surface area contributed by atoms with Crippen molar-refractivity contribution in [1.29, 1.82) is 0 Å². The predicted molar refractivity (Wildman–Crippen MR) is 132 cm³/mol. The Balaban J connectivity index is 1.88. The van der Waals surface area contributed by atoms with Crippen molar-refractivity contribution in [2.24, 2.45) is 11.7 Å². The third kappa shape index (κ3) is 6.14. The molecule has 1 saturated heterocycles. The van der Waals surface area contributed by atoms with Crippen LogP contribution < -0.4 is 15.4 Å². The normalized spacial score (nSPS) is 18.6. The van der Waals surface area contributed by atoms with Gasteiger partial charge in [0.1, 0.15) is 5.52 Å². The number of pyridine rings is 2. The molecule has 2 N–H and O–H groups in total. The Kier molecular flexibility index (Phi) is 9.44. The van der Waals surface area contributed by atoms with Crippen LogP contribution in [0.3, 0.4) is 0 Å². The molecule has 9 nitrogen and oxygen atoms in total. The van der Waals surface area contributed by atoms with Gasteiger partial charge in [-0.3, -0.25) is 14.7 Å². The van der Waals surface area contributed by atoms with E-state index >= 15 is 0 Å². The number of aromatic nitrogens is 2. The van der Waals surface area contributed by atoms with Crippen LogP contribution in [-0.2, 0) is 9.53 Å². The van der Waals surface area contributed by atoms with Gasteiger partial charge in [-0.1, -0.05) is 32.6 Å². The van der Waals surface area contributed by atoms with E-state index < -0.39 is 18.0 Å². The lowest BCUT2D eigenvalue weighted by molar-refractivity contribution is -0.150. The average Bonchev–Trinajstić information content (AvgIpc) is 2.84. The number of piperidine rings is 1. The molecule has 2 amide bonds. The number of rotatable bonds is 11. The molecular formula is C25H37N5O4. The number of anilines is 1. The molecule has 1 aliphatic rings. The van der Waals surface area contributed by atoms with Gasteiger partial charge in [-0.15, -0.1) is 0 Å². The number of amides is 2. The fraction of sp³-hybridized carbons (Fsp3) is 0.600. The number of nitrogens with zero attached hydrogens (tertiary/aromatic N) is 4. The summed E-state index contributed by atoms with van der Waals surface area (Å²) in [6.45, 7) is 6.52. The van der Waals surface area contributed by atoms with Gasteiger partial charge in [0.2, 0.25) is 5.88 Å². The molecule has 0 radical (unpaired) electrons. The van der Waals surface area contributed by atoms with Crippen LogP contribution in [0, 0.1) is 5.92 Å². The maximum atomic E-state index is 13.0. The summed E-state index contributed by atoms with van der Waals surface area (Å²) in [5.41, 5.74) is 7.53. The van der Waals surface area contributed by atoms with Gasteiger partial charge in [0, 0.05) is 25.4 Å². The molecule has 9 heteroatoms. The van der Waals surface area contributed by atoms with E-state index in [4.69, 9.17) is 15.2 Å². The Hall–Kier alpha value is -2.94. The summed E-state index contributed by atoms with van der Waals surface area (Å²) in [5, 5.41) is 0. The summed E-state index contributed by atoms with van der Waals surface area (Å²) in [7, 11) is 1.53. The SMILES string of the molecule is CCCCCCCN1CC[C@H](N(C(N)=O)c2ccnc3ccc(OC)nc23)[C@H](C(=O)OCC)C1. The Morgan fingerprint density at radius 2 is 1.97 bits per heavy atom. The fourth-order valence-electron chi connectivity index (χ4n) is 4.70. The van der Waals surface area contributed by atoms with Crippen LogP contribution >= 0.6 is 0 Å². The molecule has 186 valence electrons. The van der Waals surface area contributed by atoms with E-state index in [0.29, 0.717) is 35.6 Å². The first-order valence-corrected chi connectivity index (χ1v) is 12.3. The van der Waals surface area contributed by atoms with Gasteiger partial charge < -0.3 is 20.1 Å². The summed E-state index contributed by atoms with van der Waals surface area (Å²) < 4.78 is 10.7. The first kappa shape index (κ1) is 25.7. The van der Waals surface area contributed by atoms with E-state index in [1.807, 2.05) is 0 Å². The van der Waals surface area contributed by atoms with E-state index in [1.165, 1.54) is 37.7 Å². The molecule has 2 aromatic heterocycles. The maximum absolute atomic E-state index is 13.0. The number of unbranched alkanes of at least 4 members (excludes halogenated alkanes) is 4. The highest BCUT2D eigenvalue weighted by Gasteiger charge is 2.41. The molecule has 0 unspecified atom stereocenters. The highest BCUT2D eigenvalue weighted by atomic mass is 16.5. The number of urea groups is 1. The Labute approximate surface area is 201 Å². The number of methoxy groups -OCH3 is 1. The van der Waals surface area contributed by atoms with Gasteiger partial charge in [0.15, 0.2) is 0 Å². The van der Waals surface area contributed by atoms with Crippen molar-refractivity contribution >= 4 is 28.7 Å². The van der Waals surface area contributed by atoms with Crippen LogP contribution in [0.15, 0.2) is 24.4 Å². The molecule has 3 rings (SSSR count). The monoisotopic (exact) mass is 471 g/mol. The van der Waals surface area contributed by atoms with Crippen LogP contribution in [-0.4, -0.2) is 66.3 Å². The number of hydrogen-bond acceptors (Lipinski definition) is 7. The van der Waals surface area contributed by atoms with Crippen LogP contribution in [0.25, 0.3) is 11.0 Å². The molecule has 1 fully saturated rings. The van der Waals surface area contributed by atoms with E-state index in [0.717, 1.165) is 19.5 Å². The zero-order valence-electron chi connectivity index (χ0n) is 20.5. The van der Waals surface area contributed by atoms with Crippen LogP contribution in [0.5, 0.6) is 5.88 Å². The van der Waals surface area contributed by atoms with Crippen molar-refractivity contribution < 1.29 is 19.1 Å². The van der Waals surface area contributed by atoms with Gasteiger partial charge >= 0.3 is 12.0 Å². The summed E-state index contributed by atoms with van der Waals surface area (Å²) in [4.78, 5) is 38.5. The van der Waals surface area contributed by atoms with Gasteiger partial charge in [0.25, 0.3) is 0 Å². The van der Waals surface area contributed by atoms with Crippen LogP contribution in [0.2, 0.25) is 0 Å². The third-order valence-corrected chi connectivity index (χ3v) is 6.40. The number of primary amides is 1. The molecule has 0 aromatic carbocycles. The maximum Gasteiger partial charge on any atom is 0.319 e. The minimum Gasteiger partial charge on any atom is -0.481 e.